The van der Waals surface area contributed by atoms with Crippen LogP contribution in [0.4, 0.5) is 0 Å². The Morgan fingerprint density at radius 3 is 1.57 bits per heavy atom. The Bertz CT molecular complexity index is 3180. The van der Waals surface area contributed by atoms with Crippen LogP contribution in [0.15, 0.2) is 199 Å². The summed E-state index contributed by atoms with van der Waals surface area (Å²) in [6.07, 6.45) is 0. The highest BCUT2D eigenvalue weighted by atomic mass is 16.3. The number of hydrogen-bond acceptors (Lipinski definition) is 4. The smallest absolute Gasteiger partial charge is 0.164 e. The van der Waals surface area contributed by atoms with E-state index in [4.69, 9.17) is 19.4 Å². The van der Waals surface area contributed by atoms with Crippen molar-refractivity contribution in [2.24, 2.45) is 0 Å². The standard InChI is InChI=1S/C51H32N4O/c1-3-13-34(14-4-1)40-21-12-24-46-48(40)43-30-29-38(32-47(43)56-46)51-53-49(35-15-5-2-6-16-35)52-50(54-51)36-27-25-33(26-28-36)37-17-11-18-39(31-37)55-44-22-9-7-19-41(44)42-20-8-10-23-45(42)55/h1-32H. The second-order valence-corrected chi connectivity index (χ2v) is 14.0. The highest BCUT2D eigenvalue weighted by molar-refractivity contribution is 6.13. The number of para-hydroxylation sites is 2. The fraction of sp³-hybridized carbons (Fsp3) is 0. The second kappa shape index (κ2) is 13.0. The van der Waals surface area contributed by atoms with Gasteiger partial charge in [0.25, 0.3) is 0 Å². The number of rotatable bonds is 6. The summed E-state index contributed by atoms with van der Waals surface area (Å²) >= 11 is 0. The van der Waals surface area contributed by atoms with Crippen LogP contribution in [0.5, 0.6) is 0 Å². The van der Waals surface area contributed by atoms with Crippen LogP contribution in [-0.2, 0) is 0 Å². The zero-order valence-corrected chi connectivity index (χ0v) is 30.2. The predicted octanol–water partition coefficient (Wildman–Crippen LogP) is 13.2. The number of benzene rings is 8. The summed E-state index contributed by atoms with van der Waals surface area (Å²) in [5, 5.41) is 4.65. The molecule has 0 amide bonds. The summed E-state index contributed by atoms with van der Waals surface area (Å²) in [5.41, 5.74) is 12.4. The van der Waals surface area contributed by atoms with Gasteiger partial charge in [0.1, 0.15) is 11.2 Å². The summed E-state index contributed by atoms with van der Waals surface area (Å²) in [6, 6.07) is 67.5. The van der Waals surface area contributed by atoms with Gasteiger partial charge in [-0.25, -0.2) is 15.0 Å². The van der Waals surface area contributed by atoms with Crippen LogP contribution in [0.1, 0.15) is 0 Å². The van der Waals surface area contributed by atoms with Gasteiger partial charge in [0, 0.05) is 43.9 Å². The van der Waals surface area contributed by atoms with Gasteiger partial charge in [0.15, 0.2) is 17.5 Å². The average Bonchev–Trinajstić information content (AvgIpc) is 3.82. The third-order valence-electron chi connectivity index (χ3n) is 10.7. The normalized spacial score (nSPS) is 11.6. The third kappa shape index (κ3) is 5.37. The molecular formula is C51H32N4O. The molecule has 0 N–H and O–H groups in total. The van der Waals surface area contributed by atoms with Crippen LogP contribution in [0.25, 0.3) is 106 Å². The fourth-order valence-corrected chi connectivity index (χ4v) is 8.01. The molecule has 0 unspecified atom stereocenters. The first kappa shape index (κ1) is 31.9. The van der Waals surface area contributed by atoms with Crippen LogP contribution in [0.2, 0.25) is 0 Å². The Morgan fingerprint density at radius 2 is 0.875 bits per heavy atom. The van der Waals surface area contributed by atoms with E-state index in [-0.39, 0.29) is 0 Å². The maximum atomic E-state index is 6.46. The lowest BCUT2D eigenvalue weighted by molar-refractivity contribution is 0.669. The lowest BCUT2D eigenvalue weighted by Crippen LogP contribution is -2.00. The number of hydrogen-bond donors (Lipinski definition) is 0. The van der Waals surface area contributed by atoms with Crippen LogP contribution < -0.4 is 0 Å². The highest BCUT2D eigenvalue weighted by Crippen LogP contribution is 2.39. The molecule has 3 aromatic heterocycles. The first-order valence-corrected chi connectivity index (χ1v) is 18.8. The van der Waals surface area contributed by atoms with Crippen molar-refractivity contribution in [2.75, 3.05) is 0 Å². The Balaban J connectivity index is 0.986. The van der Waals surface area contributed by atoms with E-state index in [1.807, 2.05) is 54.6 Å². The summed E-state index contributed by atoms with van der Waals surface area (Å²) in [7, 11) is 0. The molecule has 11 aromatic rings. The molecule has 0 aliphatic heterocycles. The van der Waals surface area contributed by atoms with Crippen molar-refractivity contribution in [3.05, 3.63) is 194 Å². The van der Waals surface area contributed by atoms with Gasteiger partial charge in [-0.1, -0.05) is 152 Å². The quantitative estimate of drug-likeness (QED) is 0.172. The van der Waals surface area contributed by atoms with E-state index in [0.29, 0.717) is 17.5 Å². The first-order valence-electron chi connectivity index (χ1n) is 18.8. The van der Waals surface area contributed by atoms with E-state index in [2.05, 4.69) is 144 Å². The molecular weight excluding hydrogens is 685 g/mol. The van der Waals surface area contributed by atoms with Crippen LogP contribution >= 0.6 is 0 Å². The number of nitrogens with zero attached hydrogens (tertiary/aromatic N) is 4. The Labute approximate surface area is 322 Å². The van der Waals surface area contributed by atoms with Gasteiger partial charge in [0.2, 0.25) is 0 Å². The van der Waals surface area contributed by atoms with E-state index in [1.54, 1.807) is 0 Å². The maximum absolute atomic E-state index is 6.46. The van der Waals surface area contributed by atoms with Crippen LogP contribution in [0.3, 0.4) is 0 Å². The van der Waals surface area contributed by atoms with E-state index in [9.17, 15) is 0 Å². The maximum Gasteiger partial charge on any atom is 0.164 e. The molecule has 3 heterocycles. The monoisotopic (exact) mass is 716 g/mol. The summed E-state index contributed by atoms with van der Waals surface area (Å²) < 4.78 is 8.82. The minimum absolute atomic E-state index is 0.586. The largest absolute Gasteiger partial charge is 0.456 e. The van der Waals surface area contributed by atoms with Gasteiger partial charge in [-0.05, 0) is 64.7 Å². The molecule has 0 bridgehead atoms. The fourth-order valence-electron chi connectivity index (χ4n) is 8.01. The molecule has 0 aliphatic rings. The van der Waals surface area contributed by atoms with Crippen molar-refractivity contribution in [3.63, 3.8) is 0 Å². The van der Waals surface area contributed by atoms with Gasteiger partial charge >= 0.3 is 0 Å². The Hall–Kier alpha value is -7.63. The van der Waals surface area contributed by atoms with Crippen LogP contribution in [0, 0.1) is 0 Å². The van der Waals surface area contributed by atoms with Gasteiger partial charge in [0.05, 0.1) is 11.0 Å². The minimum atomic E-state index is 0.586. The van der Waals surface area contributed by atoms with E-state index >= 15 is 0 Å². The number of aromatic nitrogens is 4. The molecule has 262 valence electrons. The lowest BCUT2D eigenvalue weighted by Gasteiger charge is -2.11. The molecule has 0 saturated carbocycles. The summed E-state index contributed by atoms with van der Waals surface area (Å²) in [4.78, 5) is 15.1. The molecule has 0 aliphatic carbocycles. The zero-order chi connectivity index (χ0) is 37.0. The highest BCUT2D eigenvalue weighted by Gasteiger charge is 2.17. The van der Waals surface area contributed by atoms with Crippen molar-refractivity contribution < 1.29 is 4.42 Å². The van der Waals surface area contributed by atoms with Crippen molar-refractivity contribution in [1.29, 1.82) is 0 Å². The number of furan rings is 1. The summed E-state index contributed by atoms with van der Waals surface area (Å²) in [5.74, 6) is 1.81. The van der Waals surface area contributed by atoms with E-state index in [0.717, 1.165) is 66.6 Å². The lowest BCUT2D eigenvalue weighted by atomic mass is 9.99. The SMILES string of the molecule is c1ccc(-c2nc(-c3ccc(-c4cccc(-n5c6ccccc6c6ccccc65)c4)cc3)nc(-c3ccc4c(c3)oc3cccc(-c5ccccc5)c34)n2)cc1. The molecule has 0 radical (unpaired) electrons. The number of fused-ring (bicyclic) bond motifs is 6. The van der Waals surface area contributed by atoms with E-state index in [1.165, 1.54) is 21.8 Å². The zero-order valence-electron chi connectivity index (χ0n) is 30.2. The molecule has 8 aromatic carbocycles. The van der Waals surface area contributed by atoms with Crippen molar-refractivity contribution >= 4 is 43.7 Å². The third-order valence-corrected chi connectivity index (χ3v) is 10.7. The van der Waals surface area contributed by atoms with Crippen molar-refractivity contribution in [3.8, 4) is 62.1 Å². The predicted molar refractivity (Wildman–Crippen MR) is 229 cm³/mol. The topological polar surface area (TPSA) is 56.7 Å². The first-order chi connectivity index (χ1) is 27.7. The van der Waals surface area contributed by atoms with Gasteiger partial charge in [-0.3, -0.25) is 0 Å². The van der Waals surface area contributed by atoms with Crippen molar-refractivity contribution in [2.45, 2.75) is 0 Å². The van der Waals surface area contributed by atoms with Crippen molar-refractivity contribution in [1.82, 2.24) is 19.5 Å². The minimum Gasteiger partial charge on any atom is -0.456 e. The van der Waals surface area contributed by atoms with Gasteiger partial charge < -0.3 is 8.98 Å². The molecule has 5 heteroatoms. The molecule has 11 rings (SSSR count). The molecule has 0 spiro atoms. The van der Waals surface area contributed by atoms with E-state index < -0.39 is 0 Å². The molecule has 0 saturated heterocycles. The summed E-state index contributed by atoms with van der Waals surface area (Å²) in [6.45, 7) is 0. The Morgan fingerprint density at radius 1 is 0.339 bits per heavy atom. The molecule has 0 fully saturated rings. The second-order valence-electron chi connectivity index (χ2n) is 14.0. The average molecular weight is 717 g/mol. The Kier molecular flexibility index (Phi) is 7.42. The van der Waals surface area contributed by atoms with Gasteiger partial charge in [-0.15, -0.1) is 0 Å². The van der Waals surface area contributed by atoms with Gasteiger partial charge in [-0.2, -0.15) is 0 Å². The molecule has 0 atom stereocenters. The molecule has 56 heavy (non-hydrogen) atoms. The molecule has 5 nitrogen and oxygen atoms in total. The van der Waals surface area contributed by atoms with Crippen LogP contribution in [-0.4, -0.2) is 19.5 Å².